The predicted molar refractivity (Wildman–Crippen MR) is 73.2 cm³/mol. The number of likely N-dealkylation sites (tertiary alicyclic amines) is 1. The van der Waals surface area contributed by atoms with Crippen molar-refractivity contribution in [2.24, 2.45) is 5.92 Å². The first kappa shape index (κ1) is 13.7. The molecule has 1 aromatic rings. The lowest BCUT2D eigenvalue weighted by atomic mass is 10.1. The van der Waals surface area contributed by atoms with Crippen molar-refractivity contribution < 1.29 is 9.84 Å². The van der Waals surface area contributed by atoms with Gasteiger partial charge in [-0.3, -0.25) is 0 Å². The summed E-state index contributed by atoms with van der Waals surface area (Å²) in [5.74, 6) is 1.30. The maximum absolute atomic E-state index is 9.07. The topological polar surface area (TPSA) is 32.7 Å². The van der Waals surface area contributed by atoms with E-state index in [4.69, 9.17) is 21.4 Å². The Bertz CT molecular complexity index is 373. The highest BCUT2D eigenvalue weighted by atomic mass is 35.5. The van der Waals surface area contributed by atoms with Gasteiger partial charge in [-0.05, 0) is 43.5 Å². The Labute approximate surface area is 113 Å². The maximum Gasteiger partial charge on any atom is 0.120 e. The van der Waals surface area contributed by atoms with E-state index < -0.39 is 0 Å². The average molecular weight is 270 g/mol. The molecule has 0 spiro atoms. The highest BCUT2D eigenvalue weighted by molar-refractivity contribution is 6.30. The summed E-state index contributed by atoms with van der Waals surface area (Å²) in [6.07, 6.45) is 2.12. The fraction of sp³-hybridized carbons (Fsp3) is 0.571. The molecule has 1 saturated heterocycles. The molecular weight excluding hydrogens is 250 g/mol. The molecule has 0 radical (unpaired) electrons. The molecule has 0 aliphatic carbocycles. The first-order chi connectivity index (χ1) is 8.78. The van der Waals surface area contributed by atoms with E-state index in [1.165, 1.54) is 0 Å². The third-order valence-electron chi connectivity index (χ3n) is 3.31. The number of nitrogens with zero attached hydrogens (tertiary/aromatic N) is 1. The molecule has 1 heterocycles. The van der Waals surface area contributed by atoms with Crippen molar-refractivity contribution in [3.63, 3.8) is 0 Å². The molecule has 2 rings (SSSR count). The molecule has 1 atom stereocenters. The first-order valence-electron chi connectivity index (χ1n) is 6.49. The van der Waals surface area contributed by atoms with Crippen LogP contribution in [0, 0.1) is 5.92 Å². The van der Waals surface area contributed by atoms with Crippen molar-refractivity contribution in [1.82, 2.24) is 4.90 Å². The summed E-state index contributed by atoms with van der Waals surface area (Å²) in [6.45, 7) is 4.18. The quantitative estimate of drug-likeness (QED) is 0.805. The molecule has 100 valence electrons. The van der Waals surface area contributed by atoms with E-state index in [-0.39, 0.29) is 0 Å². The second-order valence-corrected chi connectivity index (χ2v) is 5.23. The van der Waals surface area contributed by atoms with E-state index in [2.05, 4.69) is 4.90 Å². The minimum Gasteiger partial charge on any atom is -0.493 e. The van der Waals surface area contributed by atoms with Crippen molar-refractivity contribution in [1.29, 1.82) is 0 Å². The van der Waals surface area contributed by atoms with Crippen LogP contribution >= 0.6 is 11.6 Å². The number of halogens is 1. The predicted octanol–water partition coefficient (Wildman–Crippen LogP) is 2.42. The van der Waals surface area contributed by atoms with Crippen LogP contribution in [0.4, 0.5) is 0 Å². The molecule has 1 aromatic carbocycles. The highest BCUT2D eigenvalue weighted by Gasteiger charge is 2.20. The summed E-state index contributed by atoms with van der Waals surface area (Å²) in [5.41, 5.74) is 0. The third-order valence-corrected chi connectivity index (χ3v) is 3.55. The van der Waals surface area contributed by atoms with Crippen LogP contribution in [0.15, 0.2) is 24.3 Å². The smallest absolute Gasteiger partial charge is 0.120 e. The second kappa shape index (κ2) is 6.98. The number of rotatable bonds is 6. The summed E-state index contributed by atoms with van der Waals surface area (Å²) >= 11 is 5.88. The fourth-order valence-electron chi connectivity index (χ4n) is 2.30. The van der Waals surface area contributed by atoms with E-state index in [9.17, 15) is 0 Å². The molecule has 1 unspecified atom stereocenters. The minimum atomic E-state index is 0.315. The molecule has 0 aromatic heterocycles. The number of aliphatic hydroxyl groups excluding tert-OH is 1. The van der Waals surface area contributed by atoms with Crippen LogP contribution in [0.3, 0.4) is 0 Å². The van der Waals surface area contributed by atoms with Crippen LogP contribution < -0.4 is 4.74 Å². The monoisotopic (exact) mass is 269 g/mol. The summed E-state index contributed by atoms with van der Waals surface area (Å²) in [7, 11) is 0. The van der Waals surface area contributed by atoms with Crippen LogP contribution in [-0.2, 0) is 0 Å². The molecule has 1 aliphatic rings. The Morgan fingerprint density at radius 1 is 1.44 bits per heavy atom. The Morgan fingerprint density at radius 3 is 3.06 bits per heavy atom. The van der Waals surface area contributed by atoms with Gasteiger partial charge in [-0.1, -0.05) is 17.7 Å². The molecule has 3 nitrogen and oxygen atoms in total. The fourth-order valence-corrected chi connectivity index (χ4v) is 2.48. The van der Waals surface area contributed by atoms with Gasteiger partial charge in [0, 0.05) is 24.7 Å². The normalized spacial score (nSPS) is 20.2. The van der Waals surface area contributed by atoms with Crippen LogP contribution in [0.5, 0.6) is 5.75 Å². The minimum absolute atomic E-state index is 0.315. The first-order valence-corrected chi connectivity index (χ1v) is 6.87. The maximum atomic E-state index is 9.07. The molecule has 0 saturated carbocycles. The van der Waals surface area contributed by atoms with Gasteiger partial charge in [0.25, 0.3) is 0 Å². The average Bonchev–Trinajstić information content (AvgIpc) is 2.83. The zero-order chi connectivity index (χ0) is 12.8. The van der Waals surface area contributed by atoms with Gasteiger partial charge in [-0.25, -0.2) is 0 Å². The number of ether oxygens (including phenoxy) is 1. The number of hydrogen-bond acceptors (Lipinski definition) is 3. The number of benzene rings is 1. The Hall–Kier alpha value is -0.770. The zero-order valence-electron chi connectivity index (χ0n) is 10.5. The largest absolute Gasteiger partial charge is 0.493 e. The van der Waals surface area contributed by atoms with Crippen molar-refractivity contribution in [3.05, 3.63) is 29.3 Å². The molecule has 4 heteroatoms. The SMILES string of the molecule is OCC1CCN(CCCOc2cccc(Cl)c2)C1. The molecular formula is C14H20ClNO2. The van der Waals surface area contributed by atoms with Gasteiger partial charge in [-0.2, -0.15) is 0 Å². The van der Waals surface area contributed by atoms with E-state index >= 15 is 0 Å². The lowest BCUT2D eigenvalue weighted by Gasteiger charge is -2.15. The van der Waals surface area contributed by atoms with Crippen LogP contribution in [-0.4, -0.2) is 42.9 Å². The Balaban J connectivity index is 1.62. The van der Waals surface area contributed by atoms with Gasteiger partial charge >= 0.3 is 0 Å². The van der Waals surface area contributed by atoms with Gasteiger partial charge in [-0.15, -0.1) is 0 Å². The molecule has 1 fully saturated rings. The number of aliphatic hydroxyl groups is 1. The van der Waals surface area contributed by atoms with Crippen molar-refractivity contribution in [2.75, 3.05) is 32.8 Å². The van der Waals surface area contributed by atoms with E-state index in [1.807, 2.05) is 24.3 Å². The van der Waals surface area contributed by atoms with E-state index in [0.717, 1.165) is 38.2 Å². The van der Waals surface area contributed by atoms with E-state index in [0.29, 0.717) is 24.2 Å². The molecule has 0 amide bonds. The summed E-state index contributed by atoms with van der Waals surface area (Å²) in [4.78, 5) is 2.39. The highest BCUT2D eigenvalue weighted by Crippen LogP contribution is 2.18. The second-order valence-electron chi connectivity index (χ2n) is 4.80. The van der Waals surface area contributed by atoms with Gasteiger partial charge in [0.1, 0.15) is 5.75 Å². The standard InChI is InChI=1S/C14H20ClNO2/c15-13-3-1-4-14(9-13)18-8-2-6-16-7-5-12(10-16)11-17/h1,3-4,9,12,17H,2,5-8,10-11H2. The van der Waals surface area contributed by atoms with E-state index in [1.54, 1.807) is 0 Å². The lowest BCUT2D eigenvalue weighted by Crippen LogP contribution is -2.24. The van der Waals surface area contributed by atoms with Gasteiger partial charge < -0.3 is 14.7 Å². The third kappa shape index (κ3) is 4.16. The van der Waals surface area contributed by atoms with Crippen molar-refractivity contribution >= 4 is 11.6 Å². The zero-order valence-corrected chi connectivity index (χ0v) is 11.3. The Morgan fingerprint density at radius 2 is 2.33 bits per heavy atom. The number of hydrogen-bond donors (Lipinski definition) is 1. The van der Waals surface area contributed by atoms with Gasteiger partial charge in [0.15, 0.2) is 0 Å². The van der Waals surface area contributed by atoms with Crippen molar-refractivity contribution in [3.8, 4) is 5.75 Å². The van der Waals surface area contributed by atoms with Gasteiger partial charge in [0.05, 0.1) is 6.61 Å². The summed E-state index contributed by atoms with van der Waals surface area (Å²) in [5, 5.41) is 9.77. The summed E-state index contributed by atoms with van der Waals surface area (Å²) in [6, 6.07) is 7.49. The van der Waals surface area contributed by atoms with Crippen LogP contribution in [0.1, 0.15) is 12.8 Å². The Kier molecular flexibility index (Phi) is 5.29. The lowest BCUT2D eigenvalue weighted by molar-refractivity contribution is 0.215. The van der Waals surface area contributed by atoms with Crippen LogP contribution in [0.25, 0.3) is 0 Å². The molecule has 18 heavy (non-hydrogen) atoms. The summed E-state index contributed by atoms with van der Waals surface area (Å²) < 4.78 is 5.64. The van der Waals surface area contributed by atoms with Crippen LogP contribution in [0.2, 0.25) is 5.02 Å². The molecule has 1 aliphatic heterocycles. The van der Waals surface area contributed by atoms with Crippen molar-refractivity contribution in [2.45, 2.75) is 12.8 Å². The van der Waals surface area contributed by atoms with Gasteiger partial charge in [0.2, 0.25) is 0 Å². The molecule has 0 bridgehead atoms. The molecule has 1 N–H and O–H groups in total.